The maximum atomic E-state index is 13.8. The second kappa shape index (κ2) is 14.3. The number of rotatable bonds is 6. The second-order valence-corrected chi connectivity index (χ2v) is 11.8. The number of carbonyl (C=O) groups is 2. The molecule has 4 aliphatic rings. The van der Waals surface area contributed by atoms with Crippen molar-refractivity contribution in [1.82, 2.24) is 20.0 Å². The van der Waals surface area contributed by atoms with Crippen LogP contribution in [0, 0.1) is 23.2 Å². The first-order valence-corrected chi connectivity index (χ1v) is 15.2. The van der Waals surface area contributed by atoms with E-state index in [4.69, 9.17) is 9.47 Å². The molecule has 2 amide bonds. The van der Waals surface area contributed by atoms with Crippen molar-refractivity contribution in [2.24, 2.45) is 16.8 Å². The first-order valence-electron chi connectivity index (χ1n) is 15.2. The molecule has 2 saturated carbocycles. The van der Waals surface area contributed by atoms with E-state index in [1.807, 2.05) is 7.05 Å². The number of nitrogens with one attached hydrogen (secondary N) is 1. The first kappa shape index (κ1) is 29.6. The minimum absolute atomic E-state index is 0.0505. The zero-order valence-corrected chi connectivity index (χ0v) is 24.0. The third kappa shape index (κ3) is 7.85. The molecule has 0 radical (unpaired) electrons. The zero-order valence-electron chi connectivity index (χ0n) is 24.0. The lowest BCUT2D eigenvalue weighted by Gasteiger charge is -2.45. The summed E-state index contributed by atoms with van der Waals surface area (Å²) in [5, 5.41) is 13.2. The highest BCUT2D eigenvalue weighted by molar-refractivity contribution is 5.91. The number of amides is 2. The number of hydrogen-bond acceptors (Lipinski definition) is 6. The molecule has 2 aliphatic carbocycles. The number of nitriles is 1. The Morgan fingerprint density at radius 2 is 1.72 bits per heavy atom. The van der Waals surface area contributed by atoms with Crippen molar-refractivity contribution in [2.75, 3.05) is 59.6 Å². The fourth-order valence-corrected chi connectivity index (χ4v) is 6.64. The summed E-state index contributed by atoms with van der Waals surface area (Å²) in [6.07, 6.45) is 10.2. The van der Waals surface area contributed by atoms with Gasteiger partial charge in [-0.1, -0.05) is 32.1 Å². The summed E-state index contributed by atoms with van der Waals surface area (Å²) in [5.41, 5.74) is -0.813. The molecule has 10 nitrogen and oxygen atoms in total. The Hall–Kier alpha value is -2.38. The van der Waals surface area contributed by atoms with Gasteiger partial charge in [-0.05, 0) is 58.4 Å². The molecule has 0 aromatic rings. The van der Waals surface area contributed by atoms with Crippen molar-refractivity contribution >= 4 is 18.0 Å². The third-order valence-corrected chi connectivity index (χ3v) is 9.13. The van der Waals surface area contributed by atoms with Crippen molar-refractivity contribution in [2.45, 2.75) is 89.1 Å². The highest BCUT2D eigenvalue weighted by atomic mass is 16.5. The van der Waals surface area contributed by atoms with Gasteiger partial charge >= 0.3 is 6.09 Å². The van der Waals surface area contributed by atoms with Crippen molar-refractivity contribution in [3.8, 4) is 6.07 Å². The van der Waals surface area contributed by atoms with Crippen LogP contribution in [0.5, 0.6) is 0 Å². The Morgan fingerprint density at radius 1 is 1.05 bits per heavy atom. The molecule has 0 aromatic carbocycles. The van der Waals surface area contributed by atoms with Crippen LogP contribution in [0.25, 0.3) is 0 Å². The number of carbonyl (C=O) groups excluding carboxylic acids is 2. The third-order valence-electron chi connectivity index (χ3n) is 9.13. The molecule has 2 unspecified atom stereocenters. The molecule has 0 spiro atoms. The van der Waals surface area contributed by atoms with E-state index >= 15 is 0 Å². The lowest BCUT2D eigenvalue weighted by molar-refractivity contribution is -0.129. The van der Waals surface area contributed by atoms with E-state index in [1.165, 1.54) is 19.3 Å². The predicted molar refractivity (Wildman–Crippen MR) is 149 cm³/mol. The van der Waals surface area contributed by atoms with Gasteiger partial charge in [0.15, 0.2) is 0 Å². The maximum absolute atomic E-state index is 13.8. The van der Waals surface area contributed by atoms with Crippen molar-refractivity contribution in [3.63, 3.8) is 0 Å². The van der Waals surface area contributed by atoms with E-state index in [0.29, 0.717) is 64.2 Å². The Labute approximate surface area is 234 Å². The van der Waals surface area contributed by atoms with Crippen LogP contribution in [0.2, 0.25) is 0 Å². The van der Waals surface area contributed by atoms with E-state index in [9.17, 15) is 14.9 Å². The second-order valence-electron chi connectivity index (χ2n) is 11.8. The Kier molecular flexibility index (Phi) is 10.9. The van der Waals surface area contributed by atoms with E-state index in [1.54, 1.807) is 0 Å². The predicted octanol–water partition coefficient (Wildman–Crippen LogP) is 3.38. The van der Waals surface area contributed by atoms with Gasteiger partial charge in [0.05, 0.1) is 31.8 Å². The molecular formula is C29H48N6O4. The van der Waals surface area contributed by atoms with Crippen molar-refractivity contribution in [1.29, 1.82) is 5.26 Å². The van der Waals surface area contributed by atoms with Gasteiger partial charge in [-0.3, -0.25) is 4.79 Å². The molecular weight excluding hydrogens is 496 g/mol. The summed E-state index contributed by atoms with van der Waals surface area (Å²) in [5.74, 6) is 0.692. The van der Waals surface area contributed by atoms with Crippen molar-refractivity contribution < 1.29 is 19.1 Å². The van der Waals surface area contributed by atoms with Gasteiger partial charge in [0.2, 0.25) is 11.9 Å². The van der Waals surface area contributed by atoms with E-state index in [-0.39, 0.29) is 17.9 Å². The smallest absolute Gasteiger partial charge is 0.436 e. The van der Waals surface area contributed by atoms with Crippen LogP contribution in [0.3, 0.4) is 0 Å². The molecule has 0 aromatic heterocycles. The number of hydrogen-bond donors (Lipinski definition) is 1. The molecule has 2 heterocycles. The first-order chi connectivity index (χ1) is 18.9. The maximum Gasteiger partial charge on any atom is 0.436 e. The van der Waals surface area contributed by atoms with E-state index in [2.05, 4.69) is 38.0 Å². The van der Waals surface area contributed by atoms with E-state index in [0.717, 1.165) is 51.6 Å². The molecule has 2 aliphatic heterocycles. The van der Waals surface area contributed by atoms with E-state index < -0.39 is 11.6 Å². The molecule has 4 rings (SSSR count). The topological polar surface area (TPSA) is 110 Å². The van der Waals surface area contributed by atoms with Crippen molar-refractivity contribution in [3.05, 3.63) is 0 Å². The molecule has 2 atom stereocenters. The standard InChI is InChI=1S/C29H48N6O4/c1-3-35(25-12-8-7-11-24(25)26(36)32-29(22-30)13-15-33(2)16-14-29)27(34-17-19-38-20-18-34)31-28(37)39-21-23-9-5-4-6-10-23/h23-25H,3-21H2,1-2H3,(H,32,36). The number of guanidine groups is 1. The van der Waals surface area contributed by atoms with Gasteiger partial charge in [-0.25, -0.2) is 4.79 Å². The van der Waals surface area contributed by atoms with Gasteiger partial charge < -0.3 is 29.5 Å². The molecule has 10 heteroatoms. The van der Waals surface area contributed by atoms with Gasteiger partial charge in [0.25, 0.3) is 0 Å². The molecule has 1 N–H and O–H groups in total. The summed E-state index contributed by atoms with van der Waals surface area (Å²) >= 11 is 0. The number of morpholine rings is 1. The van der Waals surface area contributed by atoms with Gasteiger partial charge in [-0.15, -0.1) is 4.99 Å². The summed E-state index contributed by atoms with van der Waals surface area (Å²) in [4.78, 5) is 37.8. The Bertz CT molecular complexity index is 885. The average molecular weight is 545 g/mol. The minimum atomic E-state index is -0.813. The molecule has 2 saturated heterocycles. The fraction of sp³-hybridized carbons (Fsp3) is 0.862. The van der Waals surface area contributed by atoms with Gasteiger partial charge in [0.1, 0.15) is 5.54 Å². The van der Waals surface area contributed by atoms with Crippen LogP contribution in [0.4, 0.5) is 4.79 Å². The average Bonchev–Trinajstić information content (AvgIpc) is 2.98. The minimum Gasteiger partial charge on any atom is -0.448 e. The SMILES string of the molecule is CCN(C(=NC(=O)OCC1CCCCC1)N1CCOCC1)C1CCCCC1C(=O)NC1(C#N)CCN(C)CC1. The molecule has 0 bridgehead atoms. The molecule has 218 valence electrons. The summed E-state index contributed by atoms with van der Waals surface area (Å²) in [6.45, 7) is 7.10. The highest BCUT2D eigenvalue weighted by Gasteiger charge is 2.42. The van der Waals surface area contributed by atoms with Crippen LogP contribution in [-0.4, -0.2) is 104 Å². The fourth-order valence-electron chi connectivity index (χ4n) is 6.64. The summed E-state index contributed by atoms with van der Waals surface area (Å²) < 4.78 is 11.3. The number of likely N-dealkylation sites (tertiary alicyclic amines) is 1. The number of aliphatic imine (C=N–C) groups is 1. The van der Waals surface area contributed by atoms with Crippen LogP contribution < -0.4 is 5.32 Å². The van der Waals surface area contributed by atoms with Crippen LogP contribution >= 0.6 is 0 Å². The summed E-state index contributed by atoms with van der Waals surface area (Å²) in [7, 11) is 2.05. The van der Waals surface area contributed by atoms with Gasteiger partial charge in [0, 0.05) is 38.8 Å². The van der Waals surface area contributed by atoms with Crippen LogP contribution in [-0.2, 0) is 14.3 Å². The lowest BCUT2D eigenvalue weighted by Crippen LogP contribution is -2.60. The normalized spacial score (nSPS) is 26.9. The molecule has 39 heavy (non-hydrogen) atoms. The largest absolute Gasteiger partial charge is 0.448 e. The Morgan fingerprint density at radius 3 is 2.38 bits per heavy atom. The zero-order chi connectivity index (χ0) is 27.7. The Balaban J connectivity index is 1.51. The quantitative estimate of drug-likeness (QED) is 0.400. The van der Waals surface area contributed by atoms with Gasteiger partial charge in [-0.2, -0.15) is 5.26 Å². The summed E-state index contributed by atoms with van der Waals surface area (Å²) in [6, 6.07) is 2.33. The molecule has 4 fully saturated rings. The monoisotopic (exact) mass is 544 g/mol. The lowest BCUT2D eigenvalue weighted by atomic mass is 9.81. The van der Waals surface area contributed by atoms with Crippen LogP contribution in [0.15, 0.2) is 4.99 Å². The van der Waals surface area contributed by atoms with Crippen LogP contribution in [0.1, 0.15) is 77.6 Å². The highest BCUT2D eigenvalue weighted by Crippen LogP contribution is 2.32. The number of piperidine rings is 1. The number of ether oxygens (including phenoxy) is 2. The number of nitrogens with zero attached hydrogens (tertiary/aromatic N) is 5.